The highest BCUT2D eigenvalue weighted by molar-refractivity contribution is 9.11. The molecule has 0 saturated heterocycles. The molecule has 0 spiro atoms. The first-order chi connectivity index (χ1) is 50.1. The molecule has 2 unspecified atom stereocenters. The van der Waals surface area contributed by atoms with Crippen LogP contribution in [0.4, 0.5) is 0 Å². The van der Waals surface area contributed by atoms with Gasteiger partial charge in [0.2, 0.25) is 35.9 Å². The third-order valence-electron chi connectivity index (χ3n) is 14.1. The van der Waals surface area contributed by atoms with Gasteiger partial charge in [-0.15, -0.1) is 56.7 Å². The number of aromatic nitrogens is 8. The fourth-order valence-electron chi connectivity index (χ4n) is 6.07. The molecule has 632 valence electrons. The average Bonchev–Trinajstić information content (AvgIpc) is 1.09. The summed E-state index contributed by atoms with van der Waals surface area (Å²) in [7, 11) is -15.1. The number of sulfone groups is 1. The van der Waals surface area contributed by atoms with Gasteiger partial charge in [-0.25, -0.2) is 121 Å². The molecule has 2 atom stereocenters. The minimum absolute atomic E-state index is 0.0103. The molecular formula is C57H90BrClN14O22S15Si2. The molecule has 0 aliphatic heterocycles. The van der Waals surface area contributed by atoms with Crippen LogP contribution >= 0.6 is 130 Å². The number of carbonyl (C=O) groups excluding carboxylic acids is 4. The number of nitrogens with zero attached hydrogens (tertiary/aromatic N) is 8. The predicted molar refractivity (Wildman–Crippen MR) is 447 cm³/mol. The number of aromatic amines is 1. The smallest absolute Gasteiger partial charge is 0.349 e. The SMILES string of the molecule is CC(C)(O)c1cnc(S(=N)(N)=O)s1.CC(C)(O)c1cnc(S(=O)(=O)C[Si](C)(C)C(C)(C)C)s1.CC(C)(O)c1cnc(S(N)(=O)=N[Si](C)(C)C(C)(C)C)s1.CC(C)(O)c1cnc(S(N)(=O)=O)s1.COC(=O)c1c[nH]c(=S)s1.COC(=O)c1cnc(Br)s1.COC(=O)c1cnc(S(=O)(=O)Cl)s1.COC(=O)c1cnc(S(N)(=O)=O)s1. The van der Waals surface area contributed by atoms with E-state index in [1.165, 1.54) is 82.1 Å². The Morgan fingerprint density at radius 2 is 0.786 bits per heavy atom. The normalized spacial score (nSPS) is 13.4. The van der Waals surface area contributed by atoms with Crippen LogP contribution in [-0.2, 0) is 100 Å². The molecule has 0 radical (unpaired) electrons. The van der Waals surface area contributed by atoms with Crippen LogP contribution in [0.15, 0.2) is 83.6 Å². The maximum absolute atomic E-state index is 12.7. The lowest BCUT2D eigenvalue weighted by Gasteiger charge is -2.36. The number of halogens is 2. The summed E-state index contributed by atoms with van der Waals surface area (Å²) in [6.45, 7) is 33.7. The summed E-state index contributed by atoms with van der Waals surface area (Å²) >= 11 is 15.8. The molecule has 55 heteroatoms. The van der Waals surface area contributed by atoms with Crippen molar-refractivity contribution in [1.29, 1.82) is 4.78 Å². The van der Waals surface area contributed by atoms with E-state index >= 15 is 0 Å². The number of rotatable bonds is 17. The number of thiazole rings is 8. The van der Waals surface area contributed by atoms with Crippen molar-refractivity contribution in [2.24, 2.45) is 24.6 Å². The van der Waals surface area contributed by atoms with Crippen LogP contribution in [-0.4, -0.2) is 176 Å². The van der Waals surface area contributed by atoms with E-state index in [-0.39, 0.29) is 58.8 Å². The van der Waals surface area contributed by atoms with Crippen molar-refractivity contribution < 1.29 is 101 Å². The number of carbonyl (C=O) groups is 4. The Balaban J connectivity index is 0.000000647. The van der Waals surface area contributed by atoms with Gasteiger partial charge in [-0.3, -0.25) is 4.03 Å². The molecule has 0 aliphatic carbocycles. The highest BCUT2D eigenvalue weighted by Crippen LogP contribution is 2.41. The Morgan fingerprint density at radius 1 is 0.482 bits per heavy atom. The lowest BCUT2D eigenvalue weighted by Crippen LogP contribution is -2.44. The van der Waals surface area contributed by atoms with E-state index < -0.39 is 109 Å². The summed E-state index contributed by atoms with van der Waals surface area (Å²) in [4.78, 5) is 75.6. The molecule has 8 aromatic rings. The van der Waals surface area contributed by atoms with Gasteiger partial charge in [0.25, 0.3) is 29.1 Å². The number of primary sulfonamides is 2. The molecule has 8 aromatic heterocycles. The van der Waals surface area contributed by atoms with E-state index in [9.17, 15) is 81.7 Å². The zero-order valence-corrected chi connectivity index (χ0v) is 80.8. The number of nitrogens with two attached hydrogens (primary N) is 4. The van der Waals surface area contributed by atoms with Crippen LogP contribution in [0.1, 0.15) is 155 Å². The van der Waals surface area contributed by atoms with Gasteiger partial charge in [0, 0.05) is 41.7 Å². The number of methoxy groups -OCH3 is 4. The zero-order valence-electron chi connectivity index (χ0n) is 64.2. The number of H-pyrrole nitrogens is 1. The minimum Gasteiger partial charge on any atom is -0.465 e. The second kappa shape index (κ2) is 41.4. The summed E-state index contributed by atoms with van der Waals surface area (Å²) in [6.07, 6.45) is 10.9. The third kappa shape index (κ3) is 35.1. The number of aliphatic hydroxyl groups is 4. The molecule has 0 saturated carbocycles. The Morgan fingerprint density at radius 3 is 1.06 bits per heavy atom. The van der Waals surface area contributed by atoms with E-state index in [1.807, 2.05) is 13.1 Å². The molecule has 112 heavy (non-hydrogen) atoms. The second-order valence-corrected chi connectivity index (χ2v) is 61.3. The summed E-state index contributed by atoms with van der Waals surface area (Å²) in [6, 6.07) is 0. The van der Waals surface area contributed by atoms with E-state index in [0.717, 1.165) is 57.7 Å². The Hall–Kier alpha value is -4.28. The van der Waals surface area contributed by atoms with Crippen molar-refractivity contribution in [3.63, 3.8) is 0 Å². The maximum atomic E-state index is 12.7. The molecule has 36 nitrogen and oxygen atoms in total. The van der Waals surface area contributed by atoms with Gasteiger partial charge in [-0.2, -0.15) is 0 Å². The second-order valence-electron chi connectivity index (χ2n) is 27.7. The highest BCUT2D eigenvalue weighted by atomic mass is 79.9. The Kier molecular flexibility index (Phi) is 39.1. The van der Waals surface area contributed by atoms with Gasteiger partial charge in [0.15, 0.2) is 35.9 Å². The molecule has 0 aliphatic rings. The van der Waals surface area contributed by atoms with Crippen LogP contribution in [0.3, 0.4) is 0 Å². The topological polar surface area (TPSA) is 603 Å². The highest BCUT2D eigenvalue weighted by Gasteiger charge is 2.41. The van der Waals surface area contributed by atoms with Gasteiger partial charge < -0.3 is 44.4 Å². The van der Waals surface area contributed by atoms with E-state index in [2.05, 4.69) is 133 Å². The molecule has 14 N–H and O–H groups in total. The third-order valence-corrected chi connectivity index (χ3v) is 47.8. The largest absolute Gasteiger partial charge is 0.465 e. The van der Waals surface area contributed by atoms with Gasteiger partial charge in [-0.1, -0.05) is 88.6 Å². The van der Waals surface area contributed by atoms with Crippen molar-refractivity contribution in [1.82, 2.24) is 39.9 Å². The summed E-state index contributed by atoms with van der Waals surface area (Å²) in [5.74, 6) is -1.96. The lowest BCUT2D eigenvalue weighted by molar-refractivity contribution is 0.0597. The first kappa shape index (κ1) is 106. The Labute approximate surface area is 703 Å². The molecule has 0 amide bonds. The summed E-state index contributed by atoms with van der Waals surface area (Å²) in [5, 5.41) is 59.7. The van der Waals surface area contributed by atoms with Gasteiger partial charge in [-0.05, 0) is 107 Å². The Bertz CT molecular complexity index is 5150. The van der Waals surface area contributed by atoms with E-state index in [0.29, 0.717) is 64.1 Å². The van der Waals surface area contributed by atoms with Crippen molar-refractivity contribution in [2.45, 2.75) is 182 Å². The number of hydrogen-bond donors (Lipinski definition) is 10. The number of nitrogens with one attached hydrogen (secondary N) is 2. The van der Waals surface area contributed by atoms with E-state index in [4.69, 9.17) is 48.2 Å². The van der Waals surface area contributed by atoms with Crippen LogP contribution in [0.5, 0.6) is 0 Å². The maximum Gasteiger partial charge on any atom is 0.349 e. The number of sulfonamides is 2. The monoisotopic (exact) mass is 1970 g/mol. The summed E-state index contributed by atoms with van der Waals surface area (Å²) < 4.78 is 143. The zero-order chi connectivity index (χ0) is 87.8. The van der Waals surface area contributed by atoms with Crippen LogP contribution in [0.2, 0.25) is 36.3 Å². The molecule has 0 fully saturated rings. The van der Waals surface area contributed by atoms with Crippen molar-refractivity contribution >= 4 is 228 Å². The molecule has 8 heterocycles. The first-order valence-electron chi connectivity index (χ1n) is 30.8. The standard InChI is InChI=1S/C13H25NO3S2Si.C12H25N3O2S2Si.C6H11N3O2S2.C6H10N2O3S2.C5H4BrNO2S.C5H4ClNO4S2.C5H6N2O4S2.C5H5NO2S2/c1-12(2,3)20(6,7)9-19(16,17)11-14-8-10(18-11)13(4,5)15;1-11(2,3)20(6,7)15-19(13,17)10-14-8-9(18-10)12(4,5)16;1-6(2,10)4-3-9-5(12-4)13(7,8)11;1-6(2,9)4-3-8-5(12-4)13(7,10)11;1-9-4(8)3-2-7-5(6)10-3;2*1-11-4(8)3-2-7-5(12-3)13(6,9)10;1-8-4(7)3-2-6-5(9)10-3/h8,15H,9H2,1-7H3;8,16H,1-7H3,(H2,13,15,17);3,10H,1-2H3,(H3,7,8,11);3,9H,1-2H3,(H2,7,10,11);2H,1H3;2H,1H3;2H,1H3,(H2,6,9,10);2H,1H3,(H,6,9). The first-order valence-corrected chi connectivity index (χ1v) is 54.9. The summed E-state index contributed by atoms with van der Waals surface area (Å²) in [5.41, 5.74) is -4.17. The fourth-order valence-corrected chi connectivity index (χ4v) is 28.9. The van der Waals surface area contributed by atoms with Crippen LogP contribution in [0.25, 0.3) is 0 Å². The van der Waals surface area contributed by atoms with Crippen molar-refractivity contribution in [3.8, 4) is 0 Å². The number of hydrogen-bond acceptors (Lipinski definition) is 40. The lowest BCUT2D eigenvalue weighted by atomic mass is 10.1. The predicted octanol–water partition coefficient (Wildman–Crippen LogP) is 10.7. The molecule has 0 bridgehead atoms. The van der Waals surface area contributed by atoms with Gasteiger partial charge in [0.05, 0.1) is 102 Å². The van der Waals surface area contributed by atoms with Crippen molar-refractivity contribution in [3.05, 3.63) is 96.5 Å². The quantitative estimate of drug-likeness (QED) is 0.0133. The van der Waals surface area contributed by atoms with Gasteiger partial charge >= 0.3 is 23.9 Å². The molecular weight excluding hydrogens is 1890 g/mol. The molecule has 8 rings (SSSR count). The van der Waals surface area contributed by atoms with Crippen molar-refractivity contribution in [2.75, 3.05) is 33.8 Å². The van der Waals surface area contributed by atoms with E-state index in [1.54, 1.807) is 61.6 Å². The fraction of sp³-hybridized carbons (Fsp3) is 0.509. The van der Waals surface area contributed by atoms with Crippen LogP contribution in [0, 0.1) is 8.73 Å². The molecule has 0 aromatic carbocycles. The minimum atomic E-state index is -3.85. The van der Waals surface area contributed by atoms with Crippen LogP contribution < -0.4 is 20.6 Å². The average molecular weight is 1980 g/mol. The number of ether oxygens (including phenoxy) is 4. The number of esters is 4. The van der Waals surface area contributed by atoms with Gasteiger partial charge in [0.1, 0.15) is 19.5 Å².